The molecular weight excluding hydrogens is 226 g/mol. The highest BCUT2D eigenvalue weighted by Crippen LogP contribution is 2.09. The van der Waals surface area contributed by atoms with Crippen LogP contribution in [0.1, 0.15) is 18.4 Å². The van der Waals surface area contributed by atoms with Crippen molar-refractivity contribution in [2.45, 2.75) is 12.8 Å². The van der Waals surface area contributed by atoms with Crippen molar-refractivity contribution in [3.05, 3.63) is 34.3 Å². The molecule has 1 heterocycles. The van der Waals surface area contributed by atoms with Gasteiger partial charge in [-0.25, -0.2) is 4.58 Å². The van der Waals surface area contributed by atoms with E-state index in [2.05, 4.69) is 51.0 Å². The van der Waals surface area contributed by atoms with Crippen molar-refractivity contribution in [3.63, 3.8) is 0 Å². The van der Waals surface area contributed by atoms with Crippen LogP contribution in [0, 0.1) is 0 Å². The van der Waals surface area contributed by atoms with Gasteiger partial charge in [-0.1, -0.05) is 15.9 Å². The Kier molecular flexibility index (Phi) is 2.79. The zero-order chi connectivity index (χ0) is 9.10. The standard InChI is InChI=1S/C11H13BrN/c12-11-5-3-10(4-6-11)9-13-7-1-2-8-13/h3-6,9H,1-2,7-8H2/q+1. The Hall–Kier alpha value is -0.630. The van der Waals surface area contributed by atoms with Crippen LogP contribution in [0.4, 0.5) is 0 Å². The van der Waals surface area contributed by atoms with E-state index in [1.807, 2.05) is 0 Å². The third-order valence-electron chi connectivity index (χ3n) is 2.34. The average molecular weight is 239 g/mol. The molecule has 1 aromatic carbocycles. The van der Waals surface area contributed by atoms with Crippen molar-refractivity contribution >= 4 is 22.1 Å². The van der Waals surface area contributed by atoms with Crippen LogP contribution < -0.4 is 0 Å². The van der Waals surface area contributed by atoms with E-state index in [1.54, 1.807) is 0 Å². The lowest BCUT2D eigenvalue weighted by atomic mass is 10.2. The Bertz CT molecular complexity index is 305. The second kappa shape index (κ2) is 4.05. The third-order valence-corrected chi connectivity index (χ3v) is 2.87. The number of hydrogen-bond acceptors (Lipinski definition) is 0. The van der Waals surface area contributed by atoms with E-state index < -0.39 is 0 Å². The largest absolute Gasteiger partial charge is 0.236 e. The van der Waals surface area contributed by atoms with E-state index in [0.717, 1.165) is 4.47 Å². The molecule has 0 aromatic heterocycles. The van der Waals surface area contributed by atoms with Crippen molar-refractivity contribution in [2.24, 2.45) is 0 Å². The molecule has 0 atom stereocenters. The average Bonchev–Trinajstić information content (AvgIpc) is 2.62. The van der Waals surface area contributed by atoms with Gasteiger partial charge >= 0.3 is 0 Å². The van der Waals surface area contributed by atoms with Gasteiger partial charge in [0.2, 0.25) is 0 Å². The molecular formula is C11H13BrN+. The molecule has 1 saturated heterocycles. The minimum atomic E-state index is 1.14. The van der Waals surface area contributed by atoms with Crippen LogP contribution in [0.5, 0.6) is 0 Å². The van der Waals surface area contributed by atoms with Gasteiger partial charge in [-0.2, -0.15) is 0 Å². The molecule has 1 fully saturated rings. The summed E-state index contributed by atoms with van der Waals surface area (Å²) in [4.78, 5) is 0. The van der Waals surface area contributed by atoms with Crippen LogP contribution in [0.25, 0.3) is 0 Å². The summed E-state index contributed by atoms with van der Waals surface area (Å²) >= 11 is 3.43. The third kappa shape index (κ3) is 2.41. The minimum Gasteiger partial charge on any atom is -0.236 e. The van der Waals surface area contributed by atoms with Gasteiger partial charge in [0.15, 0.2) is 6.21 Å². The molecule has 1 aromatic rings. The highest BCUT2D eigenvalue weighted by Gasteiger charge is 2.11. The molecule has 0 unspecified atom stereocenters. The summed E-state index contributed by atoms with van der Waals surface area (Å²) in [6.45, 7) is 2.44. The van der Waals surface area contributed by atoms with E-state index in [9.17, 15) is 0 Å². The Balaban J connectivity index is 2.17. The fourth-order valence-electron chi connectivity index (χ4n) is 1.63. The summed E-state index contributed by atoms with van der Waals surface area (Å²) in [6.07, 6.45) is 4.93. The lowest BCUT2D eigenvalue weighted by molar-refractivity contribution is -0.500. The predicted molar refractivity (Wildman–Crippen MR) is 58.5 cm³/mol. The Morgan fingerprint density at radius 1 is 1.08 bits per heavy atom. The fourth-order valence-corrected chi connectivity index (χ4v) is 1.89. The topological polar surface area (TPSA) is 3.01 Å². The second-order valence-corrected chi connectivity index (χ2v) is 4.34. The fraction of sp³-hybridized carbons (Fsp3) is 0.364. The van der Waals surface area contributed by atoms with Crippen LogP contribution in [0.3, 0.4) is 0 Å². The van der Waals surface area contributed by atoms with E-state index in [1.165, 1.54) is 31.5 Å². The first-order chi connectivity index (χ1) is 6.34. The predicted octanol–water partition coefficient (Wildman–Crippen LogP) is 2.67. The van der Waals surface area contributed by atoms with E-state index in [-0.39, 0.29) is 0 Å². The Morgan fingerprint density at radius 3 is 2.31 bits per heavy atom. The van der Waals surface area contributed by atoms with Gasteiger partial charge in [-0.15, -0.1) is 0 Å². The molecule has 0 aliphatic carbocycles. The van der Waals surface area contributed by atoms with E-state index in [0.29, 0.717) is 0 Å². The molecule has 68 valence electrons. The van der Waals surface area contributed by atoms with Crippen molar-refractivity contribution in [3.8, 4) is 0 Å². The van der Waals surface area contributed by atoms with Gasteiger partial charge in [-0.3, -0.25) is 0 Å². The Morgan fingerprint density at radius 2 is 1.69 bits per heavy atom. The van der Waals surface area contributed by atoms with Gasteiger partial charge in [0, 0.05) is 22.9 Å². The molecule has 1 aliphatic rings. The van der Waals surface area contributed by atoms with Crippen LogP contribution in [-0.4, -0.2) is 23.9 Å². The summed E-state index contributed by atoms with van der Waals surface area (Å²) in [5, 5.41) is 0. The first kappa shape index (κ1) is 8.95. The Labute approximate surface area is 87.2 Å². The summed E-state index contributed by atoms with van der Waals surface area (Å²) in [5.41, 5.74) is 1.30. The number of benzene rings is 1. The van der Waals surface area contributed by atoms with Crippen molar-refractivity contribution < 1.29 is 4.58 Å². The summed E-state index contributed by atoms with van der Waals surface area (Å²) in [5.74, 6) is 0. The van der Waals surface area contributed by atoms with Crippen LogP contribution in [0.15, 0.2) is 28.7 Å². The molecule has 0 N–H and O–H groups in total. The second-order valence-electron chi connectivity index (χ2n) is 3.42. The SMILES string of the molecule is Brc1ccc(C=[N+]2CCCC2)cc1. The molecule has 1 nitrogen and oxygen atoms in total. The van der Waals surface area contributed by atoms with Crippen molar-refractivity contribution in [2.75, 3.05) is 13.1 Å². The van der Waals surface area contributed by atoms with Gasteiger partial charge < -0.3 is 0 Å². The van der Waals surface area contributed by atoms with Crippen LogP contribution in [0.2, 0.25) is 0 Å². The first-order valence-electron chi connectivity index (χ1n) is 4.69. The quantitative estimate of drug-likeness (QED) is 0.663. The molecule has 0 radical (unpaired) electrons. The van der Waals surface area contributed by atoms with Crippen molar-refractivity contribution in [1.82, 2.24) is 0 Å². The molecule has 2 heteroatoms. The maximum Gasteiger partial charge on any atom is 0.170 e. The van der Waals surface area contributed by atoms with E-state index in [4.69, 9.17) is 0 Å². The lowest BCUT2D eigenvalue weighted by Gasteiger charge is -1.93. The molecule has 13 heavy (non-hydrogen) atoms. The number of halogens is 1. The van der Waals surface area contributed by atoms with Gasteiger partial charge in [0.1, 0.15) is 13.1 Å². The van der Waals surface area contributed by atoms with Crippen molar-refractivity contribution in [1.29, 1.82) is 0 Å². The maximum absolute atomic E-state index is 3.43. The monoisotopic (exact) mass is 238 g/mol. The first-order valence-corrected chi connectivity index (χ1v) is 5.48. The van der Waals surface area contributed by atoms with Gasteiger partial charge in [-0.05, 0) is 24.3 Å². The molecule has 0 amide bonds. The van der Waals surface area contributed by atoms with Gasteiger partial charge in [0.25, 0.3) is 0 Å². The summed E-state index contributed by atoms with van der Waals surface area (Å²) < 4.78 is 3.54. The normalized spacial score (nSPS) is 16.2. The number of hydrogen-bond donors (Lipinski definition) is 0. The van der Waals surface area contributed by atoms with Gasteiger partial charge in [0.05, 0.1) is 0 Å². The van der Waals surface area contributed by atoms with E-state index >= 15 is 0 Å². The highest BCUT2D eigenvalue weighted by molar-refractivity contribution is 9.10. The summed E-state index contributed by atoms with van der Waals surface area (Å²) in [7, 11) is 0. The zero-order valence-corrected chi connectivity index (χ0v) is 9.13. The molecule has 0 bridgehead atoms. The number of nitrogens with zero attached hydrogens (tertiary/aromatic N) is 1. The molecule has 0 saturated carbocycles. The summed E-state index contributed by atoms with van der Waals surface area (Å²) in [6, 6.07) is 8.45. The molecule has 2 rings (SSSR count). The maximum atomic E-state index is 3.43. The van der Waals surface area contributed by atoms with Crippen LogP contribution >= 0.6 is 15.9 Å². The molecule has 1 aliphatic heterocycles. The van der Waals surface area contributed by atoms with Crippen LogP contribution in [-0.2, 0) is 0 Å². The highest BCUT2D eigenvalue weighted by atomic mass is 79.9. The molecule has 0 spiro atoms. The lowest BCUT2D eigenvalue weighted by Crippen LogP contribution is -2.07. The zero-order valence-electron chi connectivity index (χ0n) is 7.54. The smallest absolute Gasteiger partial charge is 0.170 e. The number of rotatable bonds is 1. The minimum absolute atomic E-state index is 1.14.